The van der Waals surface area contributed by atoms with Crippen LogP contribution in [0.2, 0.25) is 0 Å². The number of fused-ring (bicyclic) bond motifs is 1. The zero-order valence-corrected chi connectivity index (χ0v) is 12.3. The summed E-state index contributed by atoms with van der Waals surface area (Å²) in [6, 6.07) is 9.84. The molecule has 0 atom stereocenters. The van der Waals surface area contributed by atoms with E-state index < -0.39 is 0 Å². The molecule has 0 saturated carbocycles. The lowest BCUT2D eigenvalue weighted by Gasteiger charge is -2.27. The van der Waals surface area contributed by atoms with E-state index in [2.05, 4.69) is 11.9 Å². The zero-order valence-electron chi connectivity index (χ0n) is 12.3. The molecule has 2 aromatic rings. The van der Waals surface area contributed by atoms with Gasteiger partial charge in [0.05, 0.1) is 24.3 Å². The first-order valence-corrected chi connectivity index (χ1v) is 7.55. The molecule has 1 saturated heterocycles. The van der Waals surface area contributed by atoms with Crippen LogP contribution in [0.15, 0.2) is 30.3 Å². The molecule has 1 aromatic carbocycles. The van der Waals surface area contributed by atoms with Crippen LogP contribution < -0.4 is 0 Å². The van der Waals surface area contributed by atoms with Gasteiger partial charge in [-0.15, -0.1) is 0 Å². The summed E-state index contributed by atoms with van der Waals surface area (Å²) in [6.45, 7) is 4.70. The lowest BCUT2D eigenvalue weighted by atomic mass is 10.0. The first-order valence-electron chi connectivity index (χ1n) is 7.55. The van der Waals surface area contributed by atoms with E-state index in [0.29, 0.717) is 26.3 Å². The normalized spacial score (nSPS) is 15.4. The Balaban J connectivity index is 2.04. The van der Waals surface area contributed by atoms with Gasteiger partial charge < -0.3 is 9.64 Å². The summed E-state index contributed by atoms with van der Waals surface area (Å²) in [6.07, 6.45) is 1.92. The maximum absolute atomic E-state index is 12.8. The first-order chi connectivity index (χ1) is 10.3. The molecule has 21 heavy (non-hydrogen) atoms. The van der Waals surface area contributed by atoms with E-state index in [1.807, 2.05) is 35.2 Å². The van der Waals surface area contributed by atoms with Gasteiger partial charge in [-0.25, -0.2) is 0 Å². The fourth-order valence-corrected chi connectivity index (χ4v) is 2.73. The van der Waals surface area contributed by atoms with E-state index >= 15 is 0 Å². The summed E-state index contributed by atoms with van der Waals surface area (Å²) in [7, 11) is 0. The van der Waals surface area contributed by atoms with Gasteiger partial charge in [0.25, 0.3) is 5.91 Å². The first kappa shape index (κ1) is 14.0. The van der Waals surface area contributed by atoms with Crippen molar-refractivity contribution in [1.82, 2.24) is 9.88 Å². The molecule has 3 rings (SSSR count). The number of carbonyl (C=O) groups is 1. The summed E-state index contributed by atoms with van der Waals surface area (Å²) < 4.78 is 5.33. The Morgan fingerprint density at radius 3 is 2.81 bits per heavy atom. The fraction of sp³-hybridized carbons (Fsp3) is 0.412. The number of hydrogen-bond acceptors (Lipinski definition) is 3. The summed E-state index contributed by atoms with van der Waals surface area (Å²) in [5.41, 5.74) is 2.67. The smallest absolute Gasteiger partial charge is 0.254 e. The van der Waals surface area contributed by atoms with Crippen molar-refractivity contribution in [2.24, 2.45) is 0 Å². The van der Waals surface area contributed by atoms with E-state index in [-0.39, 0.29) is 5.91 Å². The highest BCUT2D eigenvalue weighted by Gasteiger charge is 2.21. The number of hydrogen-bond donors (Lipinski definition) is 0. The lowest BCUT2D eigenvalue weighted by Crippen LogP contribution is -2.40. The van der Waals surface area contributed by atoms with Crippen molar-refractivity contribution in [3.63, 3.8) is 0 Å². The Morgan fingerprint density at radius 2 is 2.05 bits per heavy atom. The number of rotatable bonds is 3. The Hall–Kier alpha value is -1.94. The molecule has 4 nitrogen and oxygen atoms in total. The number of aryl methyl sites for hydroxylation is 1. The van der Waals surface area contributed by atoms with Gasteiger partial charge in [0.15, 0.2) is 0 Å². The van der Waals surface area contributed by atoms with Crippen LogP contribution in [0.1, 0.15) is 29.4 Å². The van der Waals surface area contributed by atoms with Crippen LogP contribution in [0.25, 0.3) is 10.9 Å². The third-order valence-electron chi connectivity index (χ3n) is 3.80. The number of nitrogens with zero attached hydrogens (tertiary/aromatic N) is 2. The molecule has 2 heterocycles. The van der Waals surface area contributed by atoms with Crippen LogP contribution >= 0.6 is 0 Å². The minimum absolute atomic E-state index is 0.0919. The molecule has 0 aliphatic carbocycles. The van der Waals surface area contributed by atoms with Crippen molar-refractivity contribution in [3.05, 3.63) is 41.6 Å². The largest absolute Gasteiger partial charge is 0.378 e. The summed E-state index contributed by atoms with van der Waals surface area (Å²) in [5.74, 6) is 0.0919. The van der Waals surface area contributed by atoms with Gasteiger partial charge in [-0.2, -0.15) is 0 Å². The maximum atomic E-state index is 12.8. The number of pyridine rings is 1. The molecule has 1 aromatic heterocycles. The van der Waals surface area contributed by atoms with Crippen molar-refractivity contribution in [2.45, 2.75) is 19.8 Å². The highest BCUT2D eigenvalue weighted by Crippen LogP contribution is 2.21. The molecule has 0 radical (unpaired) electrons. The number of morpholine rings is 1. The van der Waals surface area contributed by atoms with Gasteiger partial charge in [-0.1, -0.05) is 31.5 Å². The zero-order chi connectivity index (χ0) is 14.7. The molecule has 1 aliphatic rings. The number of para-hydroxylation sites is 1. The SMILES string of the molecule is CCCc1cc(C(=O)N2CCOCC2)c2ccccc2n1. The summed E-state index contributed by atoms with van der Waals surface area (Å²) in [5, 5.41) is 0.939. The maximum Gasteiger partial charge on any atom is 0.254 e. The number of carbonyl (C=O) groups excluding carboxylic acids is 1. The molecule has 1 fully saturated rings. The topological polar surface area (TPSA) is 42.4 Å². The van der Waals surface area contributed by atoms with Gasteiger partial charge in [0.1, 0.15) is 0 Å². The van der Waals surface area contributed by atoms with E-state index in [9.17, 15) is 4.79 Å². The van der Waals surface area contributed by atoms with Crippen molar-refractivity contribution in [1.29, 1.82) is 0 Å². The highest BCUT2D eigenvalue weighted by molar-refractivity contribution is 6.06. The quantitative estimate of drug-likeness (QED) is 0.870. The van der Waals surface area contributed by atoms with Crippen LogP contribution in [-0.2, 0) is 11.2 Å². The second kappa shape index (κ2) is 6.22. The monoisotopic (exact) mass is 284 g/mol. The van der Waals surface area contributed by atoms with Crippen molar-refractivity contribution in [2.75, 3.05) is 26.3 Å². The van der Waals surface area contributed by atoms with Gasteiger partial charge >= 0.3 is 0 Å². The van der Waals surface area contributed by atoms with Gasteiger partial charge in [0, 0.05) is 24.2 Å². The molecule has 1 aliphatic heterocycles. The Bertz CT molecular complexity index is 648. The van der Waals surface area contributed by atoms with Crippen molar-refractivity contribution >= 4 is 16.8 Å². The summed E-state index contributed by atoms with van der Waals surface area (Å²) >= 11 is 0. The van der Waals surface area contributed by atoms with Crippen LogP contribution in [0.5, 0.6) is 0 Å². The molecular formula is C17H20N2O2. The number of aromatic nitrogens is 1. The second-order valence-corrected chi connectivity index (χ2v) is 5.33. The molecule has 0 unspecified atom stereocenters. The van der Waals surface area contributed by atoms with Gasteiger partial charge in [-0.05, 0) is 18.6 Å². The molecule has 4 heteroatoms. The Morgan fingerprint density at radius 1 is 1.29 bits per heavy atom. The third kappa shape index (κ3) is 2.90. The predicted octanol–water partition coefficient (Wildman–Crippen LogP) is 2.66. The lowest BCUT2D eigenvalue weighted by molar-refractivity contribution is 0.0304. The van der Waals surface area contributed by atoms with E-state index in [0.717, 1.165) is 35.0 Å². The molecule has 0 spiro atoms. The highest BCUT2D eigenvalue weighted by atomic mass is 16.5. The second-order valence-electron chi connectivity index (χ2n) is 5.33. The van der Waals surface area contributed by atoms with Gasteiger partial charge in [-0.3, -0.25) is 9.78 Å². The van der Waals surface area contributed by atoms with Crippen molar-refractivity contribution < 1.29 is 9.53 Å². The minimum Gasteiger partial charge on any atom is -0.378 e. The molecule has 110 valence electrons. The molecule has 1 amide bonds. The number of benzene rings is 1. The molecular weight excluding hydrogens is 264 g/mol. The van der Waals surface area contributed by atoms with Crippen LogP contribution in [0, 0.1) is 0 Å². The third-order valence-corrected chi connectivity index (χ3v) is 3.80. The average Bonchev–Trinajstić information content (AvgIpc) is 2.54. The van der Waals surface area contributed by atoms with Crippen LogP contribution in [0.4, 0.5) is 0 Å². The minimum atomic E-state index is 0.0919. The van der Waals surface area contributed by atoms with Crippen LogP contribution in [0.3, 0.4) is 0 Å². The van der Waals surface area contributed by atoms with Gasteiger partial charge in [0.2, 0.25) is 0 Å². The number of amides is 1. The van der Waals surface area contributed by atoms with E-state index in [1.54, 1.807) is 0 Å². The van der Waals surface area contributed by atoms with Crippen molar-refractivity contribution in [3.8, 4) is 0 Å². The number of ether oxygens (including phenoxy) is 1. The predicted molar refractivity (Wildman–Crippen MR) is 82.5 cm³/mol. The Kier molecular flexibility index (Phi) is 4.15. The standard InChI is InChI=1S/C17H20N2O2/c1-2-5-13-12-15(14-6-3-4-7-16(14)18-13)17(20)19-8-10-21-11-9-19/h3-4,6-7,12H,2,5,8-11H2,1H3. The molecule has 0 N–H and O–H groups in total. The fourth-order valence-electron chi connectivity index (χ4n) is 2.73. The molecule has 0 bridgehead atoms. The summed E-state index contributed by atoms with van der Waals surface area (Å²) in [4.78, 5) is 19.3. The average molecular weight is 284 g/mol. The van der Waals surface area contributed by atoms with E-state index in [1.165, 1.54) is 0 Å². The Labute approximate surface area is 124 Å². The van der Waals surface area contributed by atoms with E-state index in [4.69, 9.17) is 4.74 Å². The van der Waals surface area contributed by atoms with Crippen LogP contribution in [-0.4, -0.2) is 42.1 Å².